The highest BCUT2D eigenvalue weighted by Gasteiger charge is 2.46. The summed E-state index contributed by atoms with van der Waals surface area (Å²) in [5.74, 6) is 1.67. The maximum absolute atomic E-state index is 11.7. The molecule has 1 saturated heterocycles. The largest absolute Gasteiger partial charge is 0.444 e. The molecule has 3 heteroatoms. The molecular formula is C12H19NO2. The van der Waals surface area contributed by atoms with E-state index in [9.17, 15) is 4.79 Å². The second-order valence-corrected chi connectivity index (χ2v) is 5.31. The summed E-state index contributed by atoms with van der Waals surface area (Å²) < 4.78 is 5.33. The van der Waals surface area contributed by atoms with Crippen molar-refractivity contribution in [1.29, 1.82) is 0 Å². The maximum Gasteiger partial charge on any atom is 0.410 e. The monoisotopic (exact) mass is 209 g/mol. The molecule has 0 aromatic rings. The first-order valence-corrected chi connectivity index (χ1v) is 6.25. The molecule has 4 unspecified atom stereocenters. The number of amides is 1. The van der Waals surface area contributed by atoms with Gasteiger partial charge in [-0.2, -0.15) is 0 Å². The van der Waals surface area contributed by atoms with E-state index in [1.165, 1.54) is 25.7 Å². The van der Waals surface area contributed by atoms with Gasteiger partial charge in [0.25, 0.3) is 0 Å². The molecule has 1 amide bonds. The highest BCUT2D eigenvalue weighted by Crippen LogP contribution is 2.47. The molecule has 3 nitrogen and oxygen atoms in total. The van der Waals surface area contributed by atoms with Crippen LogP contribution in [0.5, 0.6) is 0 Å². The molecule has 2 saturated carbocycles. The summed E-state index contributed by atoms with van der Waals surface area (Å²) in [5, 5.41) is 0. The minimum absolute atomic E-state index is 0.0561. The Morgan fingerprint density at radius 2 is 2.27 bits per heavy atom. The Morgan fingerprint density at radius 1 is 1.40 bits per heavy atom. The number of carbonyl (C=O) groups is 1. The normalized spacial score (nSPS) is 43.8. The molecule has 2 aliphatic carbocycles. The number of ether oxygens (including phenoxy) is 1. The van der Waals surface area contributed by atoms with E-state index in [1.807, 2.05) is 4.90 Å². The molecular weight excluding hydrogens is 190 g/mol. The van der Waals surface area contributed by atoms with E-state index in [2.05, 4.69) is 6.92 Å². The highest BCUT2D eigenvalue weighted by molar-refractivity contribution is 5.70. The number of cyclic esters (lactones) is 1. The molecule has 1 aliphatic heterocycles. The van der Waals surface area contributed by atoms with Gasteiger partial charge in [-0.25, -0.2) is 4.79 Å². The Hall–Kier alpha value is -0.730. The topological polar surface area (TPSA) is 29.5 Å². The lowest BCUT2D eigenvalue weighted by atomic mass is 9.94. The van der Waals surface area contributed by atoms with E-state index in [0.29, 0.717) is 6.04 Å². The van der Waals surface area contributed by atoms with Gasteiger partial charge in [0, 0.05) is 6.04 Å². The van der Waals surface area contributed by atoms with Crippen LogP contribution in [0.4, 0.5) is 4.79 Å². The fourth-order valence-electron chi connectivity index (χ4n) is 3.62. The van der Waals surface area contributed by atoms with Crippen LogP contribution in [0.1, 0.15) is 39.0 Å². The van der Waals surface area contributed by atoms with Crippen LogP contribution in [0.25, 0.3) is 0 Å². The Balaban J connectivity index is 1.70. The predicted molar refractivity (Wildman–Crippen MR) is 56.5 cm³/mol. The Bertz CT molecular complexity index is 279. The molecule has 3 aliphatic rings. The molecule has 0 spiro atoms. The summed E-state index contributed by atoms with van der Waals surface area (Å²) in [7, 11) is 0. The number of rotatable bonds is 2. The SMILES string of the molecule is CCC1CN(C2CC3CCC2C3)C(=O)O1. The van der Waals surface area contributed by atoms with Crippen molar-refractivity contribution in [2.24, 2.45) is 11.8 Å². The number of hydrogen-bond acceptors (Lipinski definition) is 2. The summed E-state index contributed by atoms with van der Waals surface area (Å²) in [4.78, 5) is 13.7. The van der Waals surface area contributed by atoms with Gasteiger partial charge in [-0.3, -0.25) is 0 Å². The lowest BCUT2D eigenvalue weighted by Crippen LogP contribution is -2.39. The number of carbonyl (C=O) groups excluding carboxylic acids is 1. The Morgan fingerprint density at radius 3 is 2.80 bits per heavy atom. The molecule has 0 radical (unpaired) electrons. The average molecular weight is 209 g/mol. The fraction of sp³-hybridized carbons (Fsp3) is 0.917. The minimum atomic E-state index is -0.0561. The number of nitrogens with zero attached hydrogens (tertiary/aromatic N) is 1. The highest BCUT2D eigenvalue weighted by atomic mass is 16.6. The van der Waals surface area contributed by atoms with Gasteiger partial charge >= 0.3 is 6.09 Å². The van der Waals surface area contributed by atoms with E-state index in [0.717, 1.165) is 24.8 Å². The molecule has 15 heavy (non-hydrogen) atoms. The van der Waals surface area contributed by atoms with Crippen molar-refractivity contribution < 1.29 is 9.53 Å². The van der Waals surface area contributed by atoms with Crippen LogP contribution in [0.3, 0.4) is 0 Å². The maximum atomic E-state index is 11.7. The molecule has 3 rings (SSSR count). The minimum Gasteiger partial charge on any atom is -0.444 e. The average Bonchev–Trinajstić information content (AvgIpc) is 2.90. The van der Waals surface area contributed by atoms with E-state index in [1.54, 1.807) is 0 Å². The zero-order valence-electron chi connectivity index (χ0n) is 9.32. The van der Waals surface area contributed by atoms with Crippen LogP contribution in [0, 0.1) is 11.8 Å². The van der Waals surface area contributed by atoms with Crippen LogP contribution >= 0.6 is 0 Å². The van der Waals surface area contributed by atoms with Gasteiger partial charge in [-0.05, 0) is 37.5 Å². The van der Waals surface area contributed by atoms with Crippen molar-refractivity contribution in [1.82, 2.24) is 4.90 Å². The molecule has 0 N–H and O–H groups in total. The van der Waals surface area contributed by atoms with Gasteiger partial charge in [0.15, 0.2) is 0 Å². The molecule has 2 bridgehead atoms. The van der Waals surface area contributed by atoms with E-state index in [-0.39, 0.29) is 12.2 Å². The third kappa shape index (κ3) is 1.44. The lowest BCUT2D eigenvalue weighted by molar-refractivity contribution is 0.120. The van der Waals surface area contributed by atoms with Crippen LogP contribution < -0.4 is 0 Å². The van der Waals surface area contributed by atoms with Crippen LogP contribution in [-0.2, 0) is 4.74 Å². The third-order valence-corrected chi connectivity index (χ3v) is 4.46. The quantitative estimate of drug-likeness (QED) is 0.699. The van der Waals surface area contributed by atoms with Crippen molar-refractivity contribution in [2.45, 2.75) is 51.2 Å². The first-order valence-electron chi connectivity index (χ1n) is 6.25. The van der Waals surface area contributed by atoms with Crippen molar-refractivity contribution >= 4 is 6.09 Å². The second kappa shape index (κ2) is 3.39. The summed E-state index contributed by atoms with van der Waals surface area (Å²) in [6, 6.07) is 0.507. The van der Waals surface area contributed by atoms with Gasteiger partial charge < -0.3 is 9.64 Å². The van der Waals surface area contributed by atoms with E-state index < -0.39 is 0 Å². The fourth-order valence-corrected chi connectivity index (χ4v) is 3.62. The van der Waals surface area contributed by atoms with Crippen molar-refractivity contribution in [3.05, 3.63) is 0 Å². The Labute approximate surface area is 90.8 Å². The molecule has 1 heterocycles. The first kappa shape index (κ1) is 9.49. The third-order valence-electron chi connectivity index (χ3n) is 4.46. The van der Waals surface area contributed by atoms with Crippen LogP contribution in [-0.4, -0.2) is 29.7 Å². The van der Waals surface area contributed by atoms with Gasteiger partial charge in [-0.1, -0.05) is 13.3 Å². The zero-order valence-corrected chi connectivity index (χ0v) is 9.32. The van der Waals surface area contributed by atoms with Gasteiger partial charge in [0.05, 0.1) is 6.54 Å². The van der Waals surface area contributed by atoms with E-state index in [4.69, 9.17) is 4.74 Å². The summed E-state index contributed by atoms with van der Waals surface area (Å²) in [5.41, 5.74) is 0. The summed E-state index contributed by atoms with van der Waals surface area (Å²) in [6.45, 7) is 2.92. The van der Waals surface area contributed by atoms with Crippen molar-refractivity contribution in [2.75, 3.05) is 6.54 Å². The standard InChI is InChI=1S/C12H19NO2/c1-2-10-7-13(12(14)15-10)11-6-8-3-4-9(11)5-8/h8-11H,2-7H2,1H3. The smallest absolute Gasteiger partial charge is 0.410 e. The van der Waals surface area contributed by atoms with Gasteiger partial charge in [0.2, 0.25) is 0 Å². The van der Waals surface area contributed by atoms with Gasteiger partial charge in [-0.15, -0.1) is 0 Å². The van der Waals surface area contributed by atoms with Crippen LogP contribution in [0.2, 0.25) is 0 Å². The molecule has 0 aromatic heterocycles. The lowest BCUT2D eigenvalue weighted by Gasteiger charge is -2.29. The van der Waals surface area contributed by atoms with Gasteiger partial charge in [0.1, 0.15) is 6.10 Å². The number of hydrogen-bond donors (Lipinski definition) is 0. The number of fused-ring (bicyclic) bond motifs is 2. The van der Waals surface area contributed by atoms with Crippen LogP contribution in [0.15, 0.2) is 0 Å². The van der Waals surface area contributed by atoms with Crippen molar-refractivity contribution in [3.63, 3.8) is 0 Å². The van der Waals surface area contributed by atoms with Crippen molar-refractivity contribution in [3.8, 4) is 0 Å². The molecule has 0 aromatic carbocycles. The molecule has 4 atom stereocenters. The second-order valence-electron chi connectivity index (χ2n) is 5.31. The Kier molecular flexibility index (Phi) is 2.15. The van der Waals surface area contributed by atoms with E-state index >= 15 is 0 Å². The molecule has 3 fully saturated rings. The predicted octanol–water partition coefficient (Wildman–Crippen LogP) is 2.41. The molecule has 84 valence electrons. The first-order chi connectivity index (χ1) is 7.28. The summed E-state index contributed by atoms with van der Waals surface area (Å²) in [6.07, 6.45) is 6.35. The zero-order chi connectivity index (χ0) is 10.4. The summed E-state index contributed by atoms with van der Waals surface area (Å²) >= 11 is 0.